The lowest BCUT2D eigenvalue weighted by Crippen LogP contribution is -2.13. The predicted molar refractivity (Wildman–Crippen MR) is 68.0 cm³/mol. The summed E-state index contributed by atoms with van der Waals surface area (Å²) in [6.45, 7) is 1.57. The molecule has 4 heteroatoms. The van der Waals surface area contributed by atoms with Gasteiger partial charge in [0.25, 0.3) is 0 Å². The summed E-state index contributed by atoms with van der Waals surface area (Å²) in [5, 5.41) is 14.8. The molecule has 100 valence electrons. The van der Waals surface area contributed by atoms with E-state index in [9.17, 15) is 5.11 Å². The Hall–Kier alpha value is -0.870. The van der Waals surface area contributed by atoms with Crippen molar-refractivity contribution in [3.8, 4) is 0 Å². The largest absolute Gasteiger partial charge is 0.387 e. The number of fused-ring (bicyclic) bond motifs is 1. The zero-order valence-corrected chi connectivity index (χ0v) is 11.0. The normalized spacial score (nSPS) is 31.3. The summed E-state index contributed by atoms with van der Waals surface area (Å²) in [7, 11) is 1.71. The lowest BCUT2D eigenvalue weighted by molar-refractivity contribution is 0.125. The summed E-state index contributed by atoms with van der Waals surface area (Å²) in [6, 6.07) is 1.96. The minimum atomic E-state index is -0.314. The molecule has 3 unspecified atom stereocenters. The van der Waals surface area contributed by atoms with Gasteiger partial charge in [0.1, 0.15) is 0 Å². The molecule has 3 atom stereocenters. The first kappa shape index (κ1) is 12.2. The van der Waals surface area contributed by atoms with Gasteiger partial charge in [0.2, 0.25) is 0 Å². The molecular formula is C14H22N2O2. The average Bonchev–Trinajstić information content (AvgIpc) is 2.78. The van der Waals surface area contributed by atoms with E-state index < -0.39 is 0 Å². The van der Waals surface area contributed by atoms with Crippen LogP contribution in [0.15, 0.2) is 12.3 Å². The van der Waals surface area contributed by atoms with Crippen molar-refractivity contribution >= 4 is 0 Å². The van der Waals surface area contributed by atoms with Crippen LogP contribution in [0.3, 0.4) is 0 Å². The molecule has 2 fully saturated rings. The van der Waals surface area contributed by atoms with E-state index in [1.807, 2.05) is 10.7 Å². The van der Waals surface area contributed by atoms with Crippen LogP contribution in [0.1, 0.15) is 37.5 Å². The number of aliphatic hydroxyl groups excluding tert-OH is 1. The lowest BCUT2D eigenvalue weighted by atomic mass is 10.0. The molecule has 1 heterocycles. The van der Waals surface area contributed by atoms with Gasteiger partial charge < -0.3 is 9.84 Å². The molecule has 0 radical (unpaired) electrons. The first-order valence-electron chi connectivity index (χ1n) is 7.01. The molecule has 0 bridgehead atoms. The van der Waals surface area contributed by atoms with Gasteiger partial charge in [-0.3, -0.25) is 4.68 Å². The SMILES string of the molecule is COCCCn1nccc1C(O)C1C2CCCC21. The van der Waals surface area contributed by atoms with Gasteiger partial charge in [-0.2, -0.15) is 5.10 Å². The summed E-state index contributed by atoms with van der Waals surface area (Å²) in [6.07, 6.45) is 6.39. The summed E-state index contributed by atoms with van der Waals surface area (Å²) < 4.78 is 7.00. The number of aliphatic hydroxyl groups is 1. The second-order valence-corrected chi connectivity index (χ2v) is 5.61. The smallest absolute Gasteiger partial charge is 0.0990 e. The van der Waals surface area contributed by atoms with Crippen LogP contribution in [0.25, 0.3) is 0 Å². The Morgan fingerprint density at radius 2 is 2.28 bits per heavy atom. The van der Waals surface area contributed by atoms with Gasteiger partial charge in [-0.05, 0) is 43.1 Å². The highest BCUT2D eigenvalue weighted by atomic mass is 16.5. The molecule has 1 aromatic heterocycles. The number of ether oxygens (including phenoxy) is 1. The first-order chi connectivity index (χ1) is 8.83. The van der Waals surface area contributed by atoms with Crippen molar-refractivity contribution in [1.82, 2.24) is 9.78 Å². The standard InChI is InChI=1S/C14H22N2O2/c1-18-9-3-8-16-12(6-7-15-16)14(17)13-10-4-2-5-11(10)13/h6-7,10-11,13-14,17H,2-5,8-9H2,1H3. The maximum absolute atomic E-state index is 10.5. The van der Waals surface area contributed by atoms with E-state index in [1.54, 1.807) is 13.3 Å². The minimum absolute atomic E-state index is 0.314. The highest BCUT2D eigenvalue weighted by molar-refractivity contribution is 5.14. The first-order valence-corrected chi connectivity index (χ1v) is 7.01. The summed E-state index contributed by atoms with van der Waals surface area (Å²) >= 11 is 0. The number of aromatic nitrogens is 2. The zero-order chi connectivity index (χ0) is 12.5. The predicted octanol–water partition coefficient (Wildman–Crippen LogP) is 2.00. The van der Waals surface area contributed by atoms with Gasteiger partial charge in [-0.15, -0.1) is 0 Å². The third-order valence-electron chi connectivity index (χ3n) is 4.61. The van der Waals surface area contributed by atoms with Gasteiger partial charge in [0.05, 0.1) is 11.8 Å². The summed E-state index contributed by atoms with van der Waals surface area (Å²) in [4.78, 5) is 0. The fourth-order valence-corrected chi connectivity index (χ4v) is 3.68. The van der Waals surface area contributed by atoms with Crippen LogP contribution in [-0.4, -0.2) is 28.6 Å². The second-order valence-electron chi connectivity index (χ2n) is 5.61. The van der Waals surface area contributed by atoms with Crippen molar-refractivity contribution in [2.45, 2.75) is 38.3 Å². The van der Waals surface area contributed by atoms with E-state index in [-0.39, 0.29) is 6.10 Å². The van der Waals surface area contributed by atoms with Crippen LogP contribution >= 0.6 is 0 Å². The van der Waals surface area contributed by atoms with Gasteiger partial charge in [-0.1, -0.05) is 6.42 Å². The Bertz CT molecular complexity index is 394. The van der Waals surface area contributed by atoms with Gasteiger partial charge >= 0.3 is 0 Å². The molecule has 0 aromatic carbocycles. The van der Waals surface area contributed by atoms with Crippen LogP contribution < -0.4 is 0 Å². The van der Waals surface area contributed by atoms with E-state index in [2.05, 4.69) is 5.10 Å². The van der Waals surface area contributed by atoms with Crippen LogP contribution in [0.2, 0.25) is 0 Å². The monoisotopic (exact) mass is 250 g/mol. The van der Waals surface area contributed by atoms with Gasteiger partial charge in [-0.25, -0.2) is 0 Å². The summed E-state index contributed by atoms with van der Waals surface area (Å²) in [5.74, 6) is 2.06. The molecule has 2 saturated carbocycles. The molecule has 0 aliphatic heterocycles. The van der Waals surface area contributed by atoms with E-state index in [0.29, 0.717) is 5.92 Å². The highest BCUT2D eigenvalue weighted by Crippen LogP contribution is 2.62. The average molecular weight is 250 g/mol. The van der Waals surface area contributed by atoms with Gasteiger partial charge in [0, 0.05) is 26.5 Å². The van der Waals surface area contributed by atoms with Crippen LogP contribution in [0.5, 0.6) is 0 Å². The van der Waals surface area contributed by atoms with Gasteiger partial charge in [0.15, 0.2) is 0 Å². The van der Waals surface area contributed by atoms with Crippen molar-refractivity contribution in [1.29, 1.82) is 0 Å². The van der Waals surface area contributed by atoms with Crippen molar-refractivity contribution in [2.24, 2.45) is 17.8 Å². The molecule has 3 rings (SSSR count). The molecule has 2 aliphatic rings. The zero-order valence-electron chi connectivity index (χ0n) is 11.0. The fourth-order valence-electron chi connectivity index (χ4n) is 3.68. The van der Waals surface area contributed by atoms with Crippen LogP contribution in [0.4, 0.5) is 0 Å². The number of nitrogens with zero attached hydrogens (tertiary/aromatic N) is 2. The molecule has 0 saturated heterocycles. The van der Waals surface area contributed by atoms with Crippen LogP contribution in [0, 0.1) is 17.8 Å². The molecule has 1 aromatic rings. The fraction of sp³-hybridized carbons (Fsp3) is 0.786. The Morgan fingerprint density at radius 3 is 3.00 bits per heavy atom. The Balaban J connectivity index is 1.63. The van der Waals surface area contributed by atoms with Crippen molar-refractivity contribution in [3.05, 3.63) is 18.0 Å². The van der Waals surface area contributed by atoms with Crippen molar-refractivity contribution in [3.63, 3.8) is 0 Å². The highest BCUT2D eigenvalue weighted by Gasteiger charge is 2.56. The maximum Gasteiger partial charge on any atom is 0.0990 e. The van der Waals surface area contributed by atoms with E-state index in [4.69, 9.17) is 4.74 Å². The second kappa shape index (κ2) is 5.02. The maximum atomic E-state index is 10.5. The topological polar surface area (TPSA) is 47.3 Å². The van der Waals surface area contributed by atoms with E-state index in [1.165, 1.54) is 19.3 Å². The number of methoxy groups -OCH3 is 1. The Labute approximate surface area is 108 Å². The molecular weight excluding hydrogens is 228 g/mol. The van der Waals surface area contributed by atoms with Crippen molar-refractivity contribution in [2.75, 3.05) is 13.7 Å². The molecule has 4 nitrogen and oxygen atoms in total. The van der Waals surface area contributed by atoms with E-state index >= 15 is 0 Å². The van der Waals surface area contributed by atoms with Crippen LogP contribution in [-0.2, 0) is 11.3 Å². The van der Waals surface area contributed by atoms with E-state index in [0.717, 1.165) is 37.1 Å². The third kappa shape index (κ3) is 2.08. The quantitative estimate of drug-likeness (QED) is 0.786. The number of rotatable bonds is 6. The Morgan fingerprint density at radius 1 is 1.50 bits per heavy atom. The third-order valence-corrected chi connectivity index (χ3v) is 4.61. The number of aryl methyl sites for hydroxylation is 1. The summed E-state index contributed by atoms with van der Waals surface area (Å²) in [5.41, 5.74) is 0.991. The molecule has 0 spiro atoms. The Kier molecular flexibility index (Phi) is 3.39. The molecule has 0 amide bonds. The molecule has 1 N–H and O–H groups in total. The number of hydrogen-bond acceptors (Lipinski definition) is 3. The molecule has 18 heavy (non-hydrogen) atoms. The number of hydrogen-bond donors (Lipinski definition) is 1. The van der Waals surface area contributed by atoms with Crippen molar-refractivity contribution < 1.29 is 9.84 Å². The minimum Gasteiger partial charge on any atom is -0.387 e. The molecule has 2 aliphatic carbocycles. The lowest BCUT2D eigenvalue weighted by Gasteiger charge is -2.15.